The Morgan fingerprint density at radius 3 is 2.60 bits per heavy atom. The summed E-state index contributed by atoms with van der Waals surface area (Å²) >= 11 is 0. The fraction of sp³-hybridized carbons (Fsp3) is 0.450. The molecule has 2 aromatic rings. The minimum atomic E-state index is -0.224. The number of hydrogen-bond donors (Lipinski definition) is 1. The lowest BCUT2D eigenvalue weighted by atomic mass is 9.87. The van der Waals surface area contributed by atoms with Gasteiger partial charge in [0.1, 0.15) is 6.54 Å². The van der Waals surface area contributed by atoms with Gasteiger partial charge in [-0.2, -0.15) is 5.10 Å². The van der Waals surface area contributed by atoms with Gasteiger partial charge in [-0.1, -0.05) is 49.6 Å². The van der Waals surface area contributed by atoms with Crippen molar-refractivity contribution in [2.24, 2.45) is 0 Å². The summed E-state index contributed by atoms with van der Waals surface area (Å²) in [5.41, 5.74) is 1.89. The fourth-order valence-corrected chi connectivity index (χ4v) is 3.38. The topological polar surface area (TPSA) is 64.0 Å². The Morgan fingerprint density at radius 1 is 1.08 bits per heavy atom. The SMILES string of the molecule is O=C(Cn1nc(C2CCCCC2)ccc1=O)NCCc1ccccc1. The van der Waals surface area contributed by atoms with E-state index in [1.807, 2.05) is 36.4 Å². The third-order valence-corrected chi connectivity index (χ3v) is 4.78. The summed E-state index contributed by atoms with van der Waals surface area (Å²) in [4.78, 5) is 24.1. The summed E-state index contributed by atoms with van der Waals surface area (Å²) in [6, 6.07) is 13.4. The normalized spacial score (nSPS) is 15.0. The van der Waals surface area contributed by atoms with Crippen LogP contribution >= 0.6 is 0 Å². The maximum atomic E-state index is 12.1. The molecule has 0 atom stereocenters. The minimum absolute atomic E-state index is 0.0197. The van der Waals surface area contributed by atoms with Gasteiger partial charge < -0.3 is 5.32 Å². The van der Waals surface area contributed by atoms with Crippen LogP contribution in [0.25, 0.3) is 0 Å². The maximum Gasteiger partial charge on any atom is 0.267 e. The highest BCUT2D eigenvalue weighted by Gasteiger charge is 2.18. The number of amides is 1. The molecule has 1 amide bonds. The number of rotatable bonds is 6. The summed E-state index contributed by atoms with van der Waals surface area (Å²) < 4.78 is 1.29. The molecule has 132 valence electrons. The molecule has 1 N–H and O–H groups in total. The zero-order valence-electron chi connectivity index (χ0n) is 14.5. The molecule has 0 unspecified atom stereocenters. The monoisotopic (exact) mass is 339 g/mol. The van der Waals surface area contributed by atoms with Gasteiger partial charge in [0, 0.05) is 18.5 Å². The molecule has 0 saturated heterocycles. The van der Waals surface area contributed by atoms with Crippen LogP contribution in [-0.4, -0.2) is 22.2 Å². The van der Waals surface area contributed by atoms with Crippen molar-refractivity contribution in [1.82, 2.24) is 15.1 Å². The Morgan fingerprint density at radius 2 is 1.84 bits per heavy atom. The smallest absolute Gasteiger partial charge is 0.267 e. The molecular formula is C20H25N3O2. The number of hydrogen-bond acceptors (Lipinski definition) is 3. The molecule has 1 saturated carbocycles. The van der Waals surface area contributed by atoms with E-state index < -0.39 is 0 Å². The van der Waals surface area contributed by atoms with E-state index in [1.54, 1.807) is 0 Å². The zero-order chi connectivity index (χ0) is 17.5. The highest BCUT2D eigenvalue weighted by molar-refractivity contribution is 5.75. The van der Waals surface area contributed by atoms with E-state index in [2.05, 4.69) is 10.4 Å². The van der Waals surface area contributed by atoms with Crippen molar-refractivity contribution >= 4 is 5.91 Å². The van der Waals surface area contributed by atoms with Gasteiger partial charge in [0.15, 0.2) is 0 Å². The molecule has 1 aliphatic carbocycles. The number of carbonyl (C=O) groups is 1. The predicted molar refractivity (Wildman–Crippen MR) is 97.5 cm³/mol. The lowest BCUT2D eigenvalue weighted by Crippen LogP contribution is -2.35. The molecule has 5 heteroatoms. The van der Waals surface area contributed by atoms with E-state index in [-0.39, 0.29) is 18.0 Å². The summed E-state index contributed by atoms with van der Waals surface area (Å²) in [5, 5.41) is 7.31. The van der Waals surface area contributed by atoms with Crippen molar-refractivity contribution in [3.05, 3.63) is 64.1 Å². The van der Waals surface area contributed by atoms with Crippen molar-refractivity contribution in [3.8, 4) is 0 Å². The Labute approximate surface area is 148 Å². The van der Waals surface area contributed by atoms with E-state index >= 15 is 0 Å². The number of benzene rings is 1. The van der Waals surface area contributed by atoms with Crippen LogP contribution < -0.4 is 10.9 Å². The quantitative estimate of drug-likeness (QED) is 0.880. The molecular weight excluding hydrogens is 314 g/mol. The molecule has 1 aromatic carbocycles. The van der Waals surface area contributed by atoms with Gasteiger partial charge in [-0.15, -0.1) is 0 Å². The molecule has 1 aromatic heterocycles. The number of carbonyl (C=O) groups excluding carboxylic acids is 1. The Hall–Kier alpha value is -2.43. The van der Waals surface area contributed by atoms with E-state index in [1.165, 1.54) is 35.6 Å². The standard InChI is InChI=1S/C20H25N3O2/c24-19(21-14-13-16-7-3-1-4-8-16)15-23-20(25)12-11-18(22-23)17-9-5-2-6-10-17/h1,3-4,7-8,11-12,17H,2,5-6,9-10,13-15H2,(H,21,24). The number of nitrogens with one attached hydrogen (secondary N) is 1. The lowest BCUT2D eigenvalue weighted by molar-refractivity contribution is -0.121. The van der Waals surface area contributed by atoms with Gasteiger partial charge in [-0.05, 0) is 30.9 Å². The Bertz CT molecular complexity index is 749. The van der Waals surface area contributed by atoms with Crippen LogP contribution in [0.4, 0.5) is 0 Å². The van der Waals surface area contributed by atoms with Crippen LogP contribution in [0.5, 0.6) is 0 Å². The van der Waals surface area contributed by atoms with Crippen LogP contribution in [0.3, 0.4) is 0 Å². The average Bonchev–Trinajstić information content (AvgIpc) is 2.65. The first kappa shape index (κ1) is 17.4. The molecule has 1 fully saturated rings. The lowest BCUT2D eigenvalue weighted by Gasteiger charge is -2.21. The molecule has 0 aliphatic heterocycles. The molecule has 1 aliphatic rings. The van der Waals surface area contributed by atoms with Gasteiger partial charge in [-0.3, -0.25) is 9.59 Å². The van der Waals surface area contributed by atoms with Crippen LogP contribution in [0, 0.1) is 0 Å². The highest BCUT2D eigenvalue weighted by atomic mass is 16.2. The number of aromatic nitrogens is 2. The van der Waals surface area contributed by atoms with Crippen LogP contribution in [-0.2, 0) is 17.8 Å². The first-order valence-corrected chi connectivity index (χ1v) is 9.11. The van der Waals surface area contributed by atoms with Gasteiger partial charge in [0.25, 0.3) is 5.56 Å². The molecule has 0 radical (unpaired) electrons. The fourth-order valence-electron chi connectivity index (χ4n) is 3.38. The molecule has 1 heterocycles. The molecule has 3 rings (SSSR count). The van der Waals surface area contributed by atoms with Crippen molar-refractivity contribution in [2.75, 3.05) is 6.54 Å². The van der Waals surface area contributed by atoms with Gasteiger partial charge in [0.2, 0.25) is 5.91 Å². The van der Waals surface area contributed by atoms with E-state index in [0.717, 1.165) is 25.0 Å². The molecule has 5 nitrogen and oxygen atoms in total. The molecule has 0 bridgehead atoms. The van der Waals surface area contributed by atoms with Crippen LogP contribution in [0.2, 0.25) is 0 Å². The minimum Gasteiger partial charge on any atom is -0.354 e. The first-order chi connectivity index (χ1) is 12.2. The van der Waals surface area contributed by atoms with Gasteiger partial charge >= 0.3 is 0 Å². The van der Waals surface area contributed by atoms with Gasteiger partial charge in [0.05, 0.1) is 5.69 Å². The second-order valence-electron chi connectivity index (χ2n) is 6.67. The van der Waals surface area contributed by atoms with Crippen molar-refractivity contribution in [3.63, 3.8) is 0 Å². The van der Waals surface area contributed by atoms with Crippen LogP contribution in [0.15, 0.2) is 47.3 Å². The number of nitrogens with zero attached hydrogens (tertiary/aromatic N) is 2. The summed E-state index contributed by atoms with van der Waals surface area (Å²) in [7, 11) is 0. The van der Waals surface area contributed by atoms with Crippen molar-refractivity contribution in [2.45, 2.75) is 51.0 Å². The van der Waals surface area contributed by atoms with Crippen LogP contribution in [0.1, 0.15) is 49.3 Å². The van der Waals surface area contributed by atoms with E-state index in [9.17, 15) is 9.59 Å². The maximum absolute atomic E-state index is 12.1. The van der Waals surface area contributed by atoms with E-state index in [4.69, 9.17) is 0 Å². The Balaban J connectivity index is 1.56. The molecule has 0 spiro atoms. The largest absolute Gasteiger partial charge is 0.354 e. The first-order valence-electron chi connectivity index (χ1n) is 9.11. The van der Waals surface area contributed by atoms with Crippen molar-refractivity contribution < 1.29 is 4.79 Å². The summed E-state index contributed by atoms with van der Waals surface area (Å²) in [6.07, 6.45) is 6.72. The third kappa shape index (κ3) is 5.02. The Kier molecular flexibility index (Phi) is 5.99. The molecule has 25 heavy (non-hydrogen) atoms. The van der Waals surface area contributed by atoms with Crippen molar-refractivity contribution in [1.29, 1.82) is 0 Å². The van der Waals surface area contributed by atoms with E-state index in [0.29, 0.717) is 12.5 Å². The predicted octanol–water partition coefficient (Wildman–Crippen LogP) is 2.65. The zero-order valence-corrected chi connectivity index (χ0v) is 14.5. The second kappa shape index (κ2) is 8.60. The summed E-state index contributed by atoms with van der Waals surface area (Å²) in [5.74, 6) is 0.244. The summed E-state index contributed by atoms with van der Waals surface area (Å²) in [6.45, 7) is 0.536. The van der Waals surface area contributed by atoms with Gasteiger partial charge in [-0.25, -0.2) is 4.68 Å². The third-order valence-electron chi connectivity index (χ3n) is 4.78. The highest BCUT2D eigenvalue weighted by Crippen LogP contribution is 2.30. The average molecular weight is 339 g/mol. The second-order valence-corrected chi connectivity index (χ2v) is 6.67.